The van der Waals surface area contributed by atoms with Crippen LogP contribution in [0, 0.1) is 18.3 Å². The first-order chi connectivity index (χ1) is 15.7. The SMILES string of the molecule is Cc1cc(OCC(=O)O)ccc1C(=O)COc1ccc(Cl)c(Oc2cc(Cl)cc(C#N)c2)c1. The molecule has 1 N–H and O–H groups in total. The van der Waals surface area contributed by atoms with Gasteiger partial charge in [0.1, 0.15) is 23.0 Å². The molecule has 0 amide bonds. The van der Waals surface area contributed by atoms with Crippen LogP contribution in [-0.4, -0.2) is 30.1 Å². The Kier molecular flexibility index (Phi) is 7.78. The summed E-state index contributed by atoms with van der Waals surface area (Å²) >= 11 is 12.2. The maximum absolute atomic E-state index is 12.6. The molecule has 0 atom stereocenters. The Morgan fingerprint density at radius 1 is 0.939 bits per heavy atom. The van der Waals surface area contributed by atoms with Crippen LogP contribution in [0.4, 0.5) is 0 Å². The van der Waals surface area contributed by atoms with Crippen LogP contribution in [0.1, 0.15) is 21.5 Å². The predicted molar refractivity (Wildman–Crippen MR) is 122 cm³/mol. The van der Waals surface area contributed by atoms with E-state index in [2.05, 4.69) is 0 Å². The molecular formula is C24H17Cl2NO6. The van der Waals surface area contributed by atoms with Gasteiger partial charge in [0.05, 0.1) is 16.7 Å². The highest BCUT2D eigenvalue weighted by Crippen LogP contribution is 2.34. The number of aliphatic carboxylic acids is 1. The summed E-state index contributed by atoms with van der Waals surface area (Å²) in [6.45, 7) is 1.01. The molecule has 7 nitrogen and oxygen atoms in total. The van der Waals surface area contributed by atoms with Crippen molar-refractivity contribution in [2.24, 2.45) is 0 Å². The second-order valence-corrected chi connectivity index (χ2v) is 7.70. The number of nitrogens with zero attached hydrogens (tertiary/aromatic N) is 1. The Morgan fingerprint density at radius 3 is 2.33 bits per heavy atom. The van der Waals surface area contributed by atoms with Crippen LogP contribution in [0.15, 0.2) is 54.6 Å². The molecule has 0 aliphatic rings. The first kappa shape index (κ1) is 23.9. The predicted octanol–water partition coefficient (Wildman–Crippen LogP) is 5.69. The summed E-state index contributed by atoms with van der Waals surface area (Å²) in [6, 6.07) is 15.9. The second-order valence-electron chi connectivity index (χ2n) is 6.85. The zero-order valence-corrected chi connectivity index (χ0v) is 18.8. The van der Waals surface area contributed by atoms with Gasteiger partial charge in [-0.25, -0.2) is 4.79 Å². The van der Waals surface area contributed by atoms with Crippen LogP contribution in [0.3, 0.4) is 0 Å². The summed E-state index contributed by atoms with van der Waals surface area (Å²) in [5.41, 5.74) is 1.38. The molecule has 0 fully saturated rings. The Balaban J connectivity index is 1.68. The average Bonchev–Trinajstić information content (AvgIpc) is 2.77. The minimum atomic E-state index is -1.09. The molecule has 3 aromatic rings. The molecule has 0 heterocycles. The summed E-state index contributed by atoms with van der Waals surface area (Å²) in [4.78, 5) is 23.2. The van der Waals surface area contributed by atoms with E-state index in [1.807, 2.05) is 6.07 Å². The minimum Gasteiger partial charge on any atom is -0.485 e. The minimum absolute atomic E-state index is 0.243. The van der Waals surface area contributed by atoms with Crippen LogP contribution in [0.2, 0.25) is 10.0 Å². The Morgan fingerprint density at radius 2 is 1.64 bits per heavy atom. The van der Waals surface area contributed by atoms with Crippen molar-refractivity contribution < 1.29 is 28.9 Å². The number of hydrogen-bond acceptors (Lipinski definition) is 6. The smallest absolute Gasteiger partial charge is 0.341 e. The summed E-state index contributed by atoms with van der Waals surface area (Å²) in [5.74, 6) is -0.0627. The van der Waals surface area contributed by atoms with Crippen LogP contribution in [0.25, 0.3) is 0 Å². The quantitative estimate of drug-likeness (QED) is 0.387. The number of carboxylic acid groups (broad SMARTS) is 1. The van der Waals surface area contributed by atoms with Gasteiger partial charge in [0.15, 0.2) is 19.0 Å². The third-order valence-corrected chi connectivity index (χ3v) is 4.89. The van der Waals surface area contributed by atoms with E-state index in [9.17, 15) is 9.59 Å². The third kappa shape index (κ3) is 6.62. The van der Waals surface area contributed by atoms with Crippen LogP contribution >= 0.6 is 23.2 Å². The van der Waals surface area contributed by atoms with Gasteiger partial charge in [0.25, 0.3) is 0 Å². The number of aryl methyl sites for hydroxylation is 1. The van der Waals surface area contributed by atoms with Crippen molar-refractivity contribution in [3.8, 4) is 29.1 Å². The van der Waals surface area contributed by atoms with E-state index in [1.54, 1.807) is 37.3 Å². The lowest BCUT2D eigenvalue weighted by Crippen LogP contribution is -2.13. The first-order valence-corrected chi connectivity index (χ1v) is 10.3. The lowest BCUT2D eigenvalue weighted by molar-refractivity contribution is -0.139. The normalized spacial score (nSPS) is 10.2. The number of carboxylic acids is 1. The molecule has 0 aromatic heterocycles. The number of rotatable bonds is 9. The largest absolute Gasteiger partial charge is 0.485 e. The number of benzene rings is 3. The number of carbonyl (C=O) groups is 2. The molecular weight excluding hydrogens is 469 g/mol. The van der Waals surface area contributed by atoms with Gasteiger partial charge in [-0.3, -0.25) is 4.79 Å². The zero-order valence-electron chi connectivity index (χ0n) is 17.3. The van der Waals surface area contributed by atoms with E-state index in [-0.39, 0.29) is 18.1 Å². The van der Waals surface area contributed by atoms with Crippen molar-refractivity contribution in [1.29, 1.82) is 5.26 Å². The molecule has 0 radical (unpaired) electrons. The van der Waals surface area contributed by atoms with E-state index >= 15 is 0 Å². The van der Waals surface area contributed by atoms with Gasteiger partial charge in [-0.1, -0.05) is 23.2 Å². The molecule has 168 valence electrons. The van der Waals surface area contributed by atoms with E-state index in [0.29, 0.717) is 44.0 Å². The fourth-order valence-electron chi connectivity index (χ4n) is 2.88. The van der Waals surface area contributed by atoms with Gasteiger partial charge in [-0.2, -0.15) is 5.26 Å². The van der Waals surface area contributed by atoms with E-state index < -0.39 is 12.6 Å². The Hall–Kier alpha value is -3.73. The first-order valence-electron chi connectivity index (χ1n) is 9.54. The standard InChI is InChI=1S/C24H17Cl2NO6/c1-14-6-17(32-13-24(29)30)2-4-20(14)22(28)12-31-18-3-5-21(26)23(10-18)33-19-8-15(11-27)7-16(25)9-19/h2-10H,12-13H2,1H3,(H,29,30). The molecule has 0 bridgehead atoms. The van der Waals surface area contributed by atoms with Crippen molar-refractivity contribution in [1.82, 2.24) is 0 Å². The molecule has 0 aliphatic heterocycles. The van der Waals surface area contributed by atoms with Gasteiger partial charge >= 0.3 is 5.97 Å². The molecule has 0 saturated carbocycles. The van der Waals surface area contributed by atoms with E-state index in [0.717, 1.165) is 0 Å². The molecule has 33 heavy (non-hydrogen) atoms. The summed E-state index contributed by atoms with van der Waals surface area (Å²) < 4.78 is 16.5. The van der Waals surface area contributed by atoms with Crippen molar-refractivity contribution in [2.45, 2.75) is 6.92 Å². The molecule has 9 heteroatoms. The lowest BCUT2D eigenvalue weighted by atomic mass is 10.0. The number of ketones is 1. The van der Waals surface area contributed by atoms with E-state index in [4.69, 9.17) is 47.8 Å². The highest BCUT2D eigenvalue weighted by Gasteiger charge is 2.13. The summed E-state index contributed by atoms with van der Waals surface area (Å²) in [6.07, 6.45) is 0. The number of nitriles is 1. The average molecular weight is 486 g/mol. The topological polar surface area (TPSA) is 106 Å². The number of hydrogen-bond donors (Lipinski definition) is 1. The molecule has 3 aromatic carbocycles. The molecule has 0 aliphatic carbocycles. The van der Waals surface area contributed by atoms with Crippen molar-refractivity contribution in [3.63, 3.8) is 0 Å². The highest BCUT2D eigenvalue weighted by molar-refractivity contribution is 6.32. The van der Waals surface area contributed by atoms with Gasteiger partial charge in [0, 0.05) is 16.7 Å². The highest BCUT2D eigenvalue weighted by atomic mass is 35.5. The van der Waals surface area contributed by atoms with Crippen molar-refractivity contribution in [3.05, 3.63) is 81.3 Å². The number of ether oxygens (including phenoxy) is 3. The maximum atomic E-state index is 12.6. The molecule has 3 rings (SSSR count). The van der Waals surface area contributed by atoms with Crippen LogP contribution in [0.5, 0.6) is 23.0 Å². The van der Waals surface area contributed by atoms with Crippen LogP contribution < -0.4 is 14.2 Å². The Labute approximate surface area is 199 Å². The maximum Gasteiger partial charge on any atom is 0.341 e. The van der Waals surface area contributed by atoms with Gasteiger partial charge < -0.3 is 19.3 Å². The zero-order chi connectivity index (χ0) is 24.0. The number of carbonyl (C=O) groups excluding carboxylic acids is 1. The van der Waals surface area contributed by atoms with Gasteiger partial charge in [-0.05, 0) is 61.0 Å². The molecule has 0 spiro atoms. The summed E-state index contributed by atoms with van der Waals surface area (Å²) in [7, 11) is 0. The fraction of sp³-hybridized carbons (Fsp3) is 0.125. The van der Waals surface area contributed by atoms with Crippen LogP contribution in [-0.2, 0) is 4.79 Å². The molecule has 0 unspecified atom stereocenters. The van der Waals surface area contributed by atoms with Gasteiger partial charge in [0.2, 0.25) is 0 Å². The van der Waals surface area contributed by atoms with Crippen molar-refractivity contribution in [2.75, 3.05) is 13.2 Å². The third-order valence-electron chi connectivity index (χ3n) is 4.36. The van der Waals surface area contributed by atoms with E-state index in [1.165, 1.54) is 24.3 Å². The monoisotopic (exact) mass is 485 g/mol. The fourth-order valence-corrected chi connectivity index (χ4v) is 3.26. The van der Waals surface area contributed by atoms with Crippen molar-refractivity contribution >= 4 is 35.0 Å². The lowest BCUT2D eigenvalue weighted by Gasteiger charge is -2.12. The number of halogens is 2. The number of Topliss-reactive ketones (excluding diaryl/α,β-unsaturated/α-hetero) is 1. The molecule has 0 saturated heterocycles. The Bertz CT molecular complexity index is 1250. The summed E-state index contributed by atoms with van der Waals surface area (Å²) in [5, 5.41) is 18.4. The second kappa shape index (κ2) is 10.7. The van der Waals surface area contributed by atoms with Gasteiger partial charge in [-0.15, -0.1) is 0 Å².